The number of fused-ring (bicyclic) bond motifs is 1. The smallest absolute Gasteiger partial charge is 0.341 e. The highest BCUT2D eigenvalue weighted by Gasteiger charge is 2.26. The maximum Gasteiger partial charge on any atom is 0.341 e. The third-order valence-corrected chi connectivity index (χ3v) is 5.49. The van der Waals surface area contributed by atoms with Crippen LogP contribution in [0, 0.1) is 6.92 Å². The first-order valence-electron chi connectivity index (χ1n) is 9.87. The highest BCUT2D eigenvalue weighted by molar-refractivity contribution is 5.89. The zero-order valence-electron chi connectivity index (χ0n) is 17.1. The van der Waals surface area contributed by atoms with Crippen LogP contribution >= 0.6 is 0 Å². The summed E-state index contributed by atoms with van der Waals surface area (Å²) < 4.78 is 1.48. The first-order chi connectivity index (χ1) is 13.8. The summed E-state index contributed by atoms with van der Waals surface area (Å²) in [6.45, 7) is 8.07. The van der Waals surface area contributed by atoms with Crippen molar-refractivity contribution in [3.63, 3.8) is 0 Å². The minimum atomic E-state index is -1.21. The van der Waals surface area contributed by atoms with E-state index >= 15 is 0 Å². The normalized spacial score (nSPS) is 13.1. The Balaban J connectivity index is 1.92. The van der Waals surface area contributed by atoms with Crippen molar-refractivity contribution in [2.24, 2.45) is 0 Å². The number of carboxylic acid groups (broad SMARTS) is 1. The van der Waals surface area contributed by atoms with Gasteiger partial charge >= 0.3 is 5.97 Å². The fourth-order valence-corrected chi connectivity index (χ4v) is 3.89. The molecule has 0 fully saturated rings. The molecule has 0 aliphatic carbocycles. The Morgan fingerprint density at radius 3 is 2.66 bits per heavy atom. The van der Waals surface area contributed by atoms with Gasteiger partial charge in [-0.2, -0.15) is 0 Å². The van der Waals surface area contributed by atoms with E-state index in [4.69, 9.17) is 0 Å². The van der Waals surface area contributed by atoms with Gasteiger partial charge in [-0.15, -0.1) is 0 Å². The summed E-state index contributed by atoms with van der Waals surface area (Å²) in [7, 11) is 0. The van der Waals surface area contributed by atoms with Crippen molar-refractivity contribution in [3.05, 3.63) is 63.1 Å². The number of aromatic nitrogens is 1. The van der Waals surface area contributed by atoms with Crippen LogP contribution in [-0.4, -0.2) is 46.1 Å². The van der Waals surface area contributed by atoms with Crippen LogP contribution in [-0.2, 0) is 24.3 Å². The summed E-state index contributed by atoms with van der Waals surface area (Å²) in [4.78, 5) is 40.3. The number of anilines is 1. The fraction of sp³-hybridized carbons (Fsp3) is 0.409. The maximum atomic E-state index is 12.9. The second-order valence-corrected chi connectivity index (χ2v) is 7.42. The Labute approximate surface area is 170 Å². The van der Waals surface area contributed by atoms with Crippen LogP contribution in [0.15, 0.2) is 35.3 Å². The molecule has 7 heteroatoms. The van der Waals surface area contributed by atoms with Crippen molar-refractivity contribution < 1.29 is 14.7 Å². The monoisotopic (exact) mass is 397 g/mol. The van der Waals surface area contributed by atoms with Crippen molar-refractivity contribution in [2.75, 3.05) is 24.5 Å². The molecule has 0 saturated heterocycles. The number of carboxylic acids is 1. The Kier molecular flexibility index (Phi) is 6.06. The van der Waals surface area contributed by atoms with Crippen LogP contribution in [0.4, 0.5) is 5.69 Å². The van der Waals surface area contributed by atoms with E-state index in [0.29, 0.717) is 38.2 Å². The molecule has 1 aromatic carbocycles. The van der Waals surface area contributed by atoms with Gasteiger partial charge in [-0.25, -0.2) is 4.79 Å². The lowest BCUT2D eigenvalue weighted by molar-refractivity contribution is -0.129. The van der Waals surface area contributed by atoms with E-state index in [1.54, 1.807) is 11.1 Å². The van der Waals surface area contributed by atoms with Gasteiger partial charge in [0.15, 0.2) is 0 Å². The highest BCUT2D eigenvalue weighted by Crippen LogP contribution is 2.21. The van der Waals surface area contributed by atoms with Crippen LogP contribution in [0.25, 0.3) is 0 Å². The summed E-state index contributed by atoms with van der Waals surface area (Å²) in [6, 6.07) is 8.15. The molecule has 1 aliphatic rings. The van der Waals surface area contributed by atoms with Crippen LogP contribution < -0.4 is 10.5 Å². The van der Waals surface area contributed by atoms with Crippen molar-refractivity contribution in [3.8, 4) is 0 Å². The lowest BCUT2D eigenvalue weighted by Crippen LogP contribution is -2.39. The topological polar surface area (TPSA) is 82.8 Å². The van der Waals surface area contributed by atoms with E-state index in [1.807, 2.05) is 32.0 Å². The summed E-state index contributed by atoms with van der Waals surface area (Å²) in [5, 5.41) is 9.65. The van der Waals surface area contributed by atoms with Crippen LogP contribution in [0.5, 0.6) is 0 Å². The number of carbonyl (C=O) groups excluding carboxylic acids is 1. The molecule has 2 heterocycles. The Hall–Kier alpha value is -3.09. The van der Waals surface area contributed by atoms with E-state index in [1.165, 1.54) is 11.5 Å². The number of aromatic carboxylic acids is 1. The summed E-state index contributed by atoms with van der Waals surface area (Å²) in [6.07, 6.45) is 2.11. The van der Waals surface area contributed by atoms with Crippen LogP contribution in [0.3, 0.4) is 0 Å². The molecule has 0 atom stereocenters. The second-order valence-electron chi connectivity index (χ2n) is 7.42. The number of nitrogens with zero attached hydrogens (tertiary/aromatic N) is 3. The highest BCUT2D eigenvalue weighted by atomic mass is 16.4. The van der Waals surface area contributed by atoms with Crippen LogP contribution in [0.1, 0.15) is 40.9 Å². The van der Waals surface area contributed by atoms with Crippen molar-refractivity contribution in [2.45, 2.75) is 40.3 Å². The molecule has 7 nitrogen and oxygen atoms in total. The van der Waals surface area contributed by atoms with Gasteiger partial charge in [-0.1, -0.05) is 12.1 Å². The van der Waals surface area contributed by atoms with Gasteiger partial charge in [0.25, 0.3) is 5.56 Å². The third kappa shape index (κ3) is 4.34. The van der Waals surface area contributed by atoms with E-state index in [0.717, 1.165) is 23.4 Å². The minimum Gasteiger partial charge on any atom is -0.477 e. The molecule has 0 spiro atoms. The molecule has 154 valence electrons. The minimum absolute atomic E-state index is 0.0538. The molecule has 2 aromatic rings. The van der Waals surface area contributed by atoms with Gasteiger partial charge in [-0.3, -0.25) is 9.59 Å². The molecule has 0 unspecified atom stereocenters. The molecular weight excluding hydrogens is 370 g/mol. The standard InChI is InChI=1S/C22H27N3O4/c1-4-23(18-7-5-6-15(2)12-18)10-11-25-14-17-13-24(16(3)26)9-8-19(17)20(21(25)27)22(28)29/h5-7,12,14H,4,8-11,13H2,1-3H3,(H,28,29). The number of likely N-dealkylation sites (N-methyl/N-ethyl adjacent to an activating group) is 1. The third-order valence-electron chi connectivity index (χ3n) is 5.49. The quantitative estimate of drug-likeness (QED) is 0.809. The maximum absolute atomic E-state index is 12.9. The first kappa shape index (κ1) is 20.6. The van der Waals surface area contributed by atoms with Gasteiger partial charge in [0.05, 0.1) is 0 Å². The summed E-state index contributed by atoms with van der Waals surface area (Å²) in [5.41, 5.74) is 2.88. The Bertz CT molecular complexity index is 996. The van der Waals surface area contributed by atoms with Gasteiger partial charge < -0.3 is 19.5 Å². The lowest BCUT2D eigenvalue weighted by atomic mass is 9.96. The number of carbonyl (C=O) groups is 2. The molecule has 0 saturated carbocycles. The average Bonchev–Trinajstić information content (AvgIpc) is 2.68. The van der Waals surface area contributed by atoms with Gasteiger partial charge in [0.2, 0.25) is 5.91 Å². The number of hydrogen-bond acceptors (Lipinski definition) is 4. The zero-order chi connectivity index (χ0) is 21.1. The fourth-order valence-electron chi connectivity index (χ4n) is 3.89. The molecule has 1 aliphatic heterocycles. The largest absolute Gasteiger partial charge is 0.477 e. The molecule has 1 amide bonds. The van der Waals surface area contributed by atoms with Crippen molar-refractivity contribution in [1.82, 2.24) is 9.47 Å². The molecule has 0 bridgehead atoms. The number of pyridine rings is 1. The molecule has 29 heavy (non-hydrogen) atoms. The first-order valence-corrected chi connectivity index (χ1v) is 9.87. The summed E-state index contributed by atoms with van der Waals surface area (Å²) >= 11 is 0. The molecule has 3 rings (SSSR count). The van der Waals surface area contributed by atoms with Crippen molar-refractivity contribution >= 4 is 17.6 Å². The number of amides is 1. The molecule has 0 radical (unpaired) electrons. The number of benzene rings is 1. The van der Waals surface area contributed by atoms with E-state index < -0.39 is 11.5 Å². The van der Waals surface area contributed by atoms with Gasteiger partial charge in [0.1, 0.15) is 5.56 Å². The predicted molar refractivity (Wildman–Crippen MR) is 112 cm³/mol. The molecule has 1 N–H and O–H groups in total. The predicted octanol–water partition coefficient (Wildman–Crippen LogP) is 2.29. The van der Waals surface area contributed by atoms with Crippen LogP contribution in [0.2, 0.25) is 0 Å². The second kappa shape index (κ2) is 8.51. The molecule has 1 aromatic heterocycles. The van der Waals surface area contributed by atoms with Crippen molar-refractivity contribution in [1.29, 1.82) is 0 Å². The van der Waals surface area contributed by atoms with Gasteiger partial charge in [-0.05, 0) is 49.1 Å². The molecular formula is C22H27N3O4. The lowest BCUT2D eigenvalue weighted by Gasteiger charge is -2.30. The average molecular weight is 397 g/mol. The summed E-state index contributed by atoms with van der Waals surface area (Å²) in [5.74, 6) is -1.26. The van der Waals surface area contributed by atoms with Gasteiger partial charge in [0, 0.05) is 51.5 Å². The van der Waals surface area contributed by atoms with E-state index in [-0.39, 0.29) is 11.5 Å². The van der Waals surface area contributed by atoms with E-state index in [9.17, 15) is 19.5 Å². The number of rotatable bonds is 6. The SMILES string of the molecule is CCN(CCn1cc2c(c(C(=O)O)c1=O)CCN(C(C)=O)C2)c1cccc(C)c1. The van der Waals surface area contributed by atoms with E-state index in [2.05, 4.69) is 11.0 Å². The zero-order valence-corrected chi connectivity index (χ0v) is 17.1. The Morgan fingerprint density at radius 1 is 1.28 bits per heavy atom. The number of hydrogen-bond donors (Lipinski definition) is 1. The Morgan fingerprint density at radius 2 is 2.03 bits per heavy atom. The number of aryl methyl sites for hydroxylation is 1.